The van der Waals surface area contributed by atoms with Gasteiger partial charge in [-0.25, -0.2) is 4.79 Å². The number of benzene rings is 2. The third-order valence-electron chi connectivity index (χ3n) is 14.0. The number of aromatic nitrogens is 2. The number of hydrogen-bond donors (Lipinski definition) is 2. The molecule has 2 N–H and O–H groups in total. The van der Waals surface area contributed by atoms with Gasteiger partial charge in [-0.2, -0.15) is 8.42 Å². The fourth-order valence-corrected chi connectivity index (χ4v) is 15.9. The smallest absolute Gasteiger partial charge is 0.330 e. The van der Waals surface area contributed by atoms with Gasteiger partial charge in [0.25, 0.3) is 21.4 Å². The Hall–Kier alpha value is -3.26. The second-order valence-corrected chi connectivity index (χ2v) is 33.6. The molecule has 1 aromatic heterocycles. The van der Waals surface area contributed by atoms with Crippen molar-refractivity contribution in [2.24, 2.45) is 0 Å². The Labute approximate surface area is 364 Å². The Morgan fingerprint density at radius 2 is 1.49 bits per heavy atom. The Morgan fingerprint density at radius 3 is 1.98 bits per heavy atom. The Balaban J connectivity index is 1.88. The highest BCUT2D eigenvalue weighted by Gasteiger charge is 2.67. The molecule has 0 saturated carbocycles. The summed E-state index contributed by atoms with van der Waals surface area (Å²) in [6, 6.07) is 10.3. The third-order valence-corrected chi connectivity index (χ3v) is 27.7. The van der Waals surface area contributed by atoms with E-state index in [0.29, 0.717) is 16.7 Å². The number of nitro benzene ring substituents is 1. The van der Waals surface area contributed by atoms with E-state index >= 15 is 8.42 Å². The zero-order valence-electron chi connectivity index (χ0n) is 39.3. The fraction of sp³-hybridized carbons (Fsp3) is 0.644. The molecule has 1 fully saturated rings. The minimum Gasteiger partial charge on any atom is -0.390 e. The van der Waals surface area contributed by atoms with Crippen molar-refractivity contribution in [1.29, 1.82) is 0 Å². The van der Waals surface area contributed by atoms with Gasteiger partial charge in [-0.05, 0) is 44.5 Å². The molecule has 61 heavy (non-hydrogen) atoms. The van der Waals surface area contributed by atoms with Crippen molar-refractivity contribution >= 4 is 32.0 Å². The quantitative estimate of drug-likeness (QED) is 0.0462. The van der Waals surface area contributed by atoms with Gasteiger partial charge in [-0.15, -0.1) is 0 Å². The fourth-order valence-electron chi connectivity index (χ4n) is 7.91. The van der Waals surface area contributed by atoms with Crippen LogP contribution in [-0.4, -0.2) is 67.8 Å². The molecule has 13 nitrogen and oxygen atoms in total. The maximum absolute atomic E-state index is 15.2. The molecule has 1 unspecified atom stereocenters. The van der Waals surface area contributed by atoms with E-state index in [4.69, 9.17) is 13.7 Å². The van der Waals surface area contributed by atoms with Crippen molar-refractivity contribution < 1.29 is 32.1 Å². The molecule has 2 heterocycles. The van der Waals surface area contributed by atoms with E-state index in [1.54, 1.807) is 18.2 Å². The Kier molecular flexibility index (Phi) is 14.9. The van der Waals surface area contributed by atoms with Crippen LogP contribution in [0.2, 0.25) is 36.3 Å². The predicted octanol–water partition coefficient (Wildman–Crippen LogP) is 9.46. The molecular formula is C45H71N3O10SSi2. The van der Waals surface area contributed by atoms with Gasteiger partial charge in [-0.1, -0.05) is 140 Å². The van der Waals surface area contributed by atoms with Gasteiger partial charge >= 0.3 is 5.69 Å². The van der Waals surface area contributed by atoms with Gasteiger partial charge in [-0.3, -0.25) is 28.6 Å². The highest BCUT2D eigenvalue weighted by atomic mass is 32.2. The van der Waals surface area contributed by atoms with E-state index in [1.807, 2.05) is 39.8 Å². The van der Waals surface area contributed by atoms with Gasteiger partial charge in [0.2, 0.25) is 0 Å². The number of ether oxygens (including phenoxy) is 2. The minimum absolute atomic E-state index is 0.0304. The summed E-state index contributed by atoms with van der Waals surface area (Å²) in [7, 11) is -10.5. The van der Waals surface area contributed by atoms with Crippen LogP contribution >= 0.6 is 0 Å². The van der Waals surface area contributed by atoms with E-state index < -0.39 is 75.8 Å². The first kappa shape index (κ1) is 50.4. The molecule has 1 saturated heterocycles. The van der Waals surface area contributed by atoms with Gasteiger partial charge in [0.1, 0.15) is 17.2 Å². The van der Waals surface area contributed by atoms with E-state index in [1.165, 1.54) is 16.8 Å². The third kappa shape index (κ3) is 10.1. The number of nitro groups is 1. The SMILES string of the molecule is CC(C)c1cc(C(C)C)c(S(=O)(=O)OC([C@H]2O[C@@H](n3cc(COCCc4ccccc4[N+](=O)[O-])c(=O)[nH]c3=O)C[C@@]2(O)[Si](C)(C)C(C)(C)C)[Si](C)(C)C(C)(C)C)c(C(C)C)c1. The van der Waals surface area contributed by atoms with Crippen LogP contribution in [0.4, 0.5) is 5.69 Å². The molecule has 2 aromatic carbocycles. The summed E-state index contributed by atoms with van der Waals surface area (Å²) in [5.41, 5.74) is 0.399. The van der Waals surface area contributed by atoms with Crippen molar-refractivity contribution in [1.82, 2.24) is 9.55 Å². The topological polar surface area (TPSA) is 180 Å². The molecule has 1 aliphatic rings. The molecule has 3 aromatic rings. The van der Waals surface area contributed by atoms with Gasteiger partial charge in [0, 0.05) is 30.7 Å². The second kappa shape index (κ2) is 18.1. The lowest BCUT2D eigenvalue weighted by molar-refractivity contribution is -0.385. The zero-order valence-corrected chi connectivity index (χ0v) is 42.1. The maximum atomic E-state index is 15.2. The molecule has 1 aliphatic heterocycles. The van der Waals surface area contributed by atoms with Crippen LogP contribution in [0.5, 0.6) is 0 Å². The lowest BCUT2D eigenvalue weighted by Gasteiger charge is -2.53. The van der Waals surface area contributed by atoms with Crippen molar-refractivity contribution in [3.63, 3.8) is 0 Å². The van der Waals surface area contributed by atoms with Crippen molar-refractivity contribution in [2.45, 2.75) is 185 Å². The molecule has 0 radical (unpaired) electrons. The van der Waals surface area contributed by atoms with Crippen LogP contribution in [0, 0.1) is 10.1 Å². The van der Waals surface area contributed by atoms with Crippen LogP contribution < -0.4 is 11.2 Å². The Bertz CT molecular complexity index is 2280. The second-order valence-electron chi connectivity index (χ2n) is 21.0. The van der Waals surface area contributed by atoms with Gasteiger partial charge in [0.15, 0.2) is 0 Å². The molecule has 16 heteroatoms. The van der Waals surface area contributed by atoms with E-state index in [9.17, 15) is 24.8 Å². The normalized spacial score (nSPS) is 19.9. The summed E-state index contributed by atoms with van der Waals surface area (Å²) < 4.78 is 51.2. The largest absolute Gasteiger partial charge is 0.390 e. The summed E-state index contributed by atoms with van der Waals surface area (Å²) in [6.07, 6.45) is -0.776. The zero-order chi connectivity index (χ0) is 46.4. The molecule has 0 aliphatic carbocycles. The molecule has 0 bridgehead atoms. The molecule has 4 rings (SSSR count). The van der Waals surface area contributed by atoms with Gasteiger partial charge < -0.3 is 14.6 Å². The first-order chi connectivity index (χ1) is 27.8. The number of aliphatic hydroxyl groups is 1. The molecule has 340 valence electrons. The van der Waals surface area contributed by atoms with E-state index in [2.05, 4.69) is 86.6 Å². The predicted molar refractivity (Wildman–Crippen MR) is 246 cm³/mol. The number of rotatable bonds is 16. The van der Waals surface area contributed by atoms with E-state index in [0.717, 1.165) is 5.56 Å². The Morgan fingerprint density at radius 1 is 0.934 bits per heavy atom. The highest BCUT2D eigenvalue weighted by Crippen LogP contribution is 2.55. The van der Waals surface area contributed by atoms with Crippen molar-refractivity contribution in [3.05, 3.63) is 101 Å². The van der Waals surface area contributed by atoms with Crippen LogP contribution in [-0.2, 0) is 36.8 Å². The number of aromatic amines is 1. The van der Waals surface area contributed by atoms with Crippen molar-refractivity contribution in [3.8, 4) is 0 Å². The summed E-state index contributed by atoms with van der Waals surface area (Å²) in [6.45, 7) is 32.6. The monoisotopic (exact) mass is 901 g/mol. The maximum Gasteiger partial charge on any atom is 0.330 e. The molecular weight excluding hydrogens is 831 g/mol. The summed E-state index contributed by atoms with van der Waals surface area (Å²) in [4.78, 5) is 40.4. The van der Waals surface area contributed by atoms with Gasteiger partial charge in [0.05, 0.1) is 50.8 Å². The molecule has 4 atom stereocenters. The van der Waals surface area contributed by atoms with Crippen molar-refractivity contribution in [2.75, 3.05) is 6.61 Å². The van der Waals surface area contributed by atoms with Crippen LogP contribution in [0.1, 0.15) is 141 Å². The summed E-state index contributed by atoms with van der Waals surface area (Å²) in [5, 5.41) is 22.5. The summed E-state index contributed by atoms with van der Waals surface area (Å²) >= 11 is 0. The number of nitrogens with zero attached hydrogens (tertiary/aromatic N) is 2. The van der Waals surface area contributed by atoms with E-state index in [-0.39, 0.29) is 60.0 Å². The summed E-state index contributed by atoms with van der Waals surface area (Å²) in [5.74, 6) is -0.124. The first-order valence-corrected chi connectivity index (χ1v) is 28.9. The average molecular weight is 902 g/mol. The number of H-pyrrole nitrogens is 1. The minimum atomic E-state index is -4.52. The molecule has 0 spiro atoms. The number of nitrogens with one attached hydrogen (secondary N) is 1. The van der Waals surface area contributed by atoms with Crippen LogP contribution in [0.15, 0.2) is 57.1 Å². The average Bonchev–Trinajstić information content (AvgIpc) is 3.49. The highest BCUT2D eigenvalue weighted by molar-refractivity contribution is 7.87. The lowest BCUT2D eigenvalue weighted by atomic mass is 9.89. The molecule has 0 amide bonds. The van der Waals surface area contributed by atoms with Crippen LogP contribution in [0.25, 0.3) is 0 Å². The number of para-hydroxylation sites is 1. The van der Waals surface area contributed by atoms with Crippen LogP contribution in [0.3, 0.4) is 0 Å². The number of hydrogen-bond acceptors (Lipinski definition) is 10. The lowest BCUT2D eigenvalue weighted by Crippen LogP contribution is -2.70. The first-order valence-electron chi connectivity index (χ1n) is 21.4. The standard InChI is InChI=1S/C45H71N3O10SSi2/c1-28(2)32-23-34(29(3)4)38(35(24-32)30(5)6)59(54,55)58-41(60(13,14)43(7,8)9)39-45(51,61(15,16)44(10,11)12)25-37(57-39)47-26-33(40(49)46-42(47)50)27-56-22-21-31-19-17-18-20-36(31)48(52)53/h17-20,23-24,26,28-30,37,39,41,51H,21-22,25,27H2,1-16H3,(H,46,49,50)/t37-,39-,41?,45-/m1/s1.